The fraction of sp³-hybridized carbons (Fsp3) is 0.294. The van der Waals surface area contributed by atoms with Crippen LogP contribution in [0.5, 0.6) is 0 Å². The van der Waals surface area contributed by atoms with Gasteiger partial charge in [-0.2, -0.15) is 0 Å². The van der Waals surface area contributed by atoms with E-state index in [2.05, 4.69) is 15.5 Å². The number of thiophene rings is 1. The average molecular weight is 359 g/mol. The van der Waals surface area contributed by atoms with Crippen molar-refractivity contribution in [3.63, 3.8) is 0 Å². The monoisotopic (exact) mass is 359 g/mol. The normalized spacial score (nSPS) is 11.5. The summed E-state index contributed by atoms with van der Waals surface area (Å²) < 4.78 is 9.98. The number of aryl methyl sites for hydroxylation is 1. The maximum atomic E-state index is 12.9. The molecule has 1 amide bonds. The van der Waals surface area contributed by atoms with Crippen LogP contribution in [-0.4, -0.2) is 34.7 Å². The van der Waals surface area contributed by atoms with E-state index in [1.54, 1.807) is 26.8 Å². The predicted molar refractivity (Wildman–Crippen MR) is 93.4 cm³/mol. The van der Waals surface area contributed by atoms with Crippen molar-refractivity contribution in [1.29, 1.82) is 0 Å². The number of esters is 1. The van der Waals surface area contributed by atoms with E-state index in [-0.39, 0.29) is 5.71 Å². The summed E-state index contributed by atoms with van der Waals surface area (Å²) >= 11 is 1.50. The van der Waals surface area contributed by atoms with Crippen LogP contribution < -0.4 is 5.32 Å². The topological polar surface area (TPSA) is 94.3 Å². The molecule has 0 bridgehead atoms. The summed E-state index contributed by atoms with van der Waals surface area (Å²) in [6, 6.07) is 5.49. The number of hydrogen-bond acceptors (Lipinski definition) is 7. The molecule has 7 nitrogen and oxygen atoms in total. The van der Waals surface area contributed by atoms with Gasteiger partial charge in [-0.3, -0.25) is 4.79 Å². The van der Waals surface area contributed by atoms with Gasteiger partial charge in [0.05, 0.1) is 34.3 Å². The second-order valence-electron chi connectivity index (χ2n) is 6.05. The number of amides is 1. The first-order valence-electron chi connectivity index (χ1n) is 7.55. The number of aromatic nitrogens is 2. The minimum Gasteiger partial charge on any atom is -0.467 e. The second kappa shape index (κ2) is 6.29. The van der Waals surface area contributed by atoms with Crippen molar-refractivity contribution < 1.29 is 18.8 Å². The summed E-state index contributed by atoms with van der Waals surface area (Å²) in [6.45, 7) is 4.89. The first kappa shape index (κ1) is 17.1. The first-order chi connectivity index (χ1) is 11.8. The Balaban J connectivity index is 2.09. The highest BCUT2D eigenvalue weighted by Crippen LogP contribution is 2.29. The van der Waals surface area contributed by atoms with E-state index in [9.17, 15) is 9.59 Å². The smallest absolute Gasteiger partial charge is 0.330 e. The van der Waals surface area contributed by atoms with Gasteiger partial charge < -0.3 is 14.6 Å². The first-order valence-corrected chi connectivity index (χ1v) is 8.43. The van der Waals surface area contributed by atoms with Gasteiger partial charge in [-0.25, -0.2) is 9.78 Å². The second-order valence-corrected chi connectivity index (χ2v) is 7.00. The van der Waals surface area contributed by atoms with Gasteiger partial charge in [0.25, 0.3) is 11.6 Å². The predicted octanol–water partition coefficient (Wildman–Crippen LogP) is 2.94. The molecule has 0 aliphatic carbocycles. The number of ether oxygens (including phenoxy) is 1. The molecule has 3 heterocycles. The van der Waals surface area contributed by atoms with Crippen molar-refractivity contribution in [2.24, 2.45) is 0 Å². The van der Waals surface area contributed by atoms with Crippen LogP contribution >= 0.6 is 11.3 Å². The van der Waals surface area contributed by atoms with E-state index in [0.29, 0.717) is 22.3 Å². The summed E-state index contributed by atoms with van der Waals surface area (Å²) in [7, 11) is 1.28. The van der Waals surface area contributed by atoms with Gasteiger partial charge in [0, 0.05) is 0 Å². The largest absolute Gasteiger partial charge is 0.467 e. The van der Waals surface area contributed by atoms with Crippen molar-refractivity contribution in [3.05, 3.63) is 34.8 Å². The van der Waals surface area contributed by atoms with Gasteiger partial charge in [-0.1, -0.05) is 11.2 Å². The molecule has 0 atom stereocenters. The zero-order valence-electron chi connectivity index (χ0n) is 14.2. The summed E-state index contributed by atoms with van der Waals surface area (Å²) in [5.74, 6) is -0.960. The molecule has 0 radical (unpaired) electrons. The maximum Gasteiger partial charge on any atom is 0.330 e. The lowest BCUT2D eigenvalue weighted by Crippen LogP contribution is -2.50. The SMILES string of the molecule is COC(=O)C(C)(C)NC(=O)c1cc(-c2cccs2)nc2onc(C)c12. The van der Waals surface area contributed by atoms with Crippen molar-refractivity contribution in [2.75, 3.05) is 7.11 Å². The maximum absolute atomic E-state index is 12.9. The molecular formula is C17H17N3O4S. The van der Waals surface area contributed by atoms with E-state index in [1.807, 2.05) is 17.5 Å². The number of pyridine rings is 1. The summed E-state index contributed by atoms with van der Waals surface area (Å²) in [5, 5.41) is 9.05. The number of carbonyl (C=O) groups is 2. The molecule has 0 aliphatic heterocycles. The van der Waals surface area contributed by atoms with Crippen molar-refractivity contribution >= 4 is 34.3 Å². The van der Waals surface area contributed by atoms with E-state index >= 15 is 0 Å². The van der Waals surface area contributed by atoms with Crippen molar-refractivity contribution in [3.8, 4) is 10.6 Å². The number of hydrogen-bond donors (Lipinski definition) is 1. The number of rotatable bonds is 4. The molecule has 0 fully saturated rings. The van der Waals surface area contributed by atoms with Crippen LogP contribution in [-0.2, 0) is 9.53 Å². The highest BCUT2D eigenvalue weighted by Gasteiger charge is 2.32. The Hall–Kier alpha value is -2.74. The number of fused-ring (bicyclic) bond motifs is 1. The Kier molecular flexibility index (Phi) is 4.30. The quantitative estimate of drug-likeness (QED) is 0.720. The van der Waals surface area contributed by atoms with Crippen LogP contribution in [0.15, 0.2) is 28.1 Å². The van der Waals surface area contributed by atoms with E-state index in [0.717, 1.165) is 4.88 Å². The molecule has 25 heavy (non-hydrogen) atoms. The lowest BCUT2D eigenvalue weighted by atomic mass is 10.0. The lowest BCUT2D eigenvalue weighted by Gasteiger charge is -2.23. The van der Waals surface area contributed by atoms with Gasteiger partial charge >= 0.3 is 5.97 Å². The third-order valence-corrected chi connectivity index (χ3v) is 4.65. The zero-order valence-corrected chi connectivity index (χ0v) is 15.1. The van der Waals surface area contributed by atoms with Crippen LogP contribution in [0.4, 0.5) is 0 Å². The number of nitrogens with zero attached hydrogens (tertiary/aromatic N) is 2. The van der Waals surface area contributed by atoms with Crippen LogP contribution in [0.2, 0.25) is 0 Å². The van der Waals surface area contributed by atoms with E-state index < -0.39 is 17.4 Å². The fourth-order valence-electron chi connectivity index (χ4n) is 2.48. The standard InChI is InChI=1S/C17H17N3O4S/c1-9-13-10(14(21)19-17(2,3)16(22)23-4)8-11(12-6-5-7-25-12)18-15(13)24-20-9/h5-8H,1-4H3,(H,19,21). The molecule has 1 N–H and O–H groups in total. The molecule has 0 saturated heterocycles. The van der Waals surface area contributed by atoms with E-state index in [4.69, 9.17) is 9.26 Å². The van der Waals surface area contributed by atoms with Crippen molar-refractivity contribution in [1.82, 2.24) is 15.5 Å². The van der Waals surface area contributed by atoms with E-state index in [1.165, 1.54) is 18.4 Å². The van der Waals surface area contributed by atoms with Crippen LogP contribution in [0, 0.1) is 6.92 Å². The molecule has 3 aromatic rings. The molecular weight excluding hydrogens is 342 g/mol. The van der Waals surface area contributed by atoms with Gasteiger partial charge in [0.1, 0.15) is 5.54 Å². The van der Waals surface area contributed by atoms with Gasteiger partial charge in [-0.05, 0) is 38.3 Å². The third kappa shape index (κ3) is 3.12. The molecule has 8 heteroatoms. The Morgan fingerprint density at radius 2 is 2.12 bits per heavy atom. The van der Waals surface area contributed by atoms with Gasteiger partial charge in [0.15, 0.2) is 0 Å². The minimum absolute atomic E-state index is 0.282. The summed E-state index contributed by atoms with van der Waals surface area (Å²) in [4.78, 5) is 30.0. The minimum atomic E-state index is -1.17. The zero-order chi connectivity index (χ0) is 18.2. The average Bonchev–Trinajstić information content (AvgIpc) is 3.23. The summed E-state index contributed by atoms with van der Waals surface area (Å²) in [6.07, 6.45) is 0. The van der Waals surface area contributed by atoms with Crippen molar-refractivity contribution in [2.45, 2.75) is 26.3 Å². The number of nitrogens with one attached hydrogen (secondary N) is 1. The molecule has 3 rings (SSSR count). The molecule has 130 valence electrons. The molecule has 3 aromatic heterocycles. The van der Waals surface area contributed by atoms with Gasteiger partial charge in [-0.15, -0.1) is 11.3 Å². The van der Waals surface area contributed by atoms with Crippen LogP contribution in [0.3, 0.4) is 0 Å². The molecule has 0 unspecified atom stereocenters. The van der Waals surface area contributed by atoms with Gasteiger partial charge in [0.2, 0.25) is 0 Å². The molecule has 0 spiro atoms. The highest BCUT2D eigenvalue weighted by atomic mass is 32.1. The Labute approximate surface area is 148 Å². The number of carbonyl (C=O) groups excluding carboxylic acids is 2. The molecule has 0 aromatic carbocycles. The Bertz CT molecular complexity index is 944. The molecule has 0 saturated carbocycles. The molecule has 0 aliphatic rings. The lowest BCUT2D eigenvalue weighted by molar-refractivity contribution is -0.146. The summed E-state index contributed by atoms with van der Waals surface area (Å²) in [5.41, 5.74) is 0.629. The Morgan fingerprint density at radius 1 is 1.36 bits per heavy atom. The third-order valence-electron chi connectivity index (χ3n) is 3.76. The fourth-order valence-corrected chi connectivity index (χ4v) is 3.17. The van der Waals surface area contributed by atoms with Crippen LogP contribution in [0.25, 0.3) is 21.7 Å². The Morgan fingerprint density at radius 3 is 2.76 bits per heavy atom. The highest BCUT2D eigenvalue weighted by molar-refractivity contribution is 7.13. The number of methoxy groups -OCH3 is 1. The van der Waals surface area contributed by atoms with Crippen LogP contribution in [0.1, 0.15) is 29.9 Å².